The number of hydrogen-bond acceptors (Lipinski definition) is 7. The van der Waals surface area contributed by atoms with Crippen molar-refractivity contribution in [2.75, 3.05) is 38.3 Å². The van der Waals surface area contributed by atoms with Gasteiger partial charge < -0.3 is 14.4 Å². The fourth-order valence-electron chi connectivity index (χ4n) is 2.80. The Morgan fingerprint density at radius 3 is 2.83 bits per heavy atom. The molecular formula is C14H17N7O3. The Bertz CT molecular complexity index is 713. The molecule has 0 saturated carbocycles. The largest absolute Gasteiger partial charge is 0.454 e. The molecule has 10 nitrogen and oxygen atoms in total. The summed E-state index contributed by atoms with van der Waals surface area (Å²) in [5, 5.41) is 15.7. The number of rotatable bonds is 3. The van der Waals surface area contributed by atoms with E-state index in [4.69, 9.17) is 9.47 Å². The third-order valence-electron chi connectivity index (χ3n) is 4.07. The van der Waals surface area contributed by atoms with Crippen molar-refractivity contribution in [3.8, 4) is 11.5 Å². The summed E-state index contributed by atoms with van der Waals surface area (Å²) in [5.74, 6) is 1.77. The lowest BCUT2D eigenvalue weighted by molar-refractivity contribution is 0.143. The number of benzene rings is 1. The molecule has 0 atom stereocenters. The van der Waals surface area contributed by atoms with E-state index in [0.717, 1.165) is 31.1 Å². The molecule has 0 spiro atoms. The Hall–Kier alpha value is -2.88. The highest BCUT2D eigenvalue weighted by atomic mass is 16.7. The Morgan fingerprint density at radius 1 is 1.21 bits per heavy atom. The average Bonchev–Trinajstić information content (AvgIpc) is 3.26. The molecule has 1 aromatic carbocycles. The van der Waals surface area contributed by atoms with Crippen LogP contribution in [0.25, 0.3) is 0 Å². The van der Waals surface area contributed by atoms with Crippen molar-refractivity contribution in [2.45, 2.75) is 6.54 Å². The Labute approximate surface area is 137 Å². The van der Waals surface area contributed by atoms with Gasteiger partial charge in [-0.3, -0.25) is 10.2 Å². The number of H-pyrrole nitrogens is 1. The molecular weight excluding hydrogens is 314 g/mol. The lowest BCUT2D eigenvalue weighted by atomic mass is 10.1. The summed E-state index contributed by atoms with van der Waals surface area (Å²) in [6.07, 6.45) is 0. The van der Waals surface area contributed by atoms with Crippen LogP contribution in [0, 0.1) is 0 Å². The van der Waals surface area contributed by atoms with Gasteiger partial charge >= 0.3 is 6.03 Å². The molecule has 4 rings (SSSR count). The number of aromatic nitrogens is 4. The van der Waals surface area contributed by atoms with Crippen molar-refractivity contribution in [1.82, 2.24) is 30.4 Å². The van der Waals surface area contributed by atoms with Gasteiger partial charge in [-0.25, -0.2) is 4.79 Å². The van der Waals surface area contributed by atoms with Crippen LogP contribution in [0.2, 0.25) is 0 Å². The molecule has 0 unspecified atom stereocenters. The van der Waals surface area contributed by atoms with Crippen LogP contribution in [-0.4, -0.2) is 69.4 Å². The van der Waals surface area contributed by atoms with Crippen LogP contribution in [-0.2, 0) is 6.54 Å². The third-order valence-corrected chi connectivity index (χ3v) is 4.07. The van der Waals surface area contributed by atoms with Gasteiger partial charge in [-0.1, -0.05) is 11.2 Å². The van der Waals surface area contributed by atoms with Crippen LogP contribution >= 0.6 is 0 Å². The second-order valence-corrected chi connectivity index (χ2v) is 5.62. The molecule has 3 heterocycles. The molecule has 0 radical (unpaired) electrons. The van der Waals surface area contributed by atoms with Crippen LogP contribution in [0.4, 0.5) is 10.7 Å². The van der Waals surface area contributed by atoms with Gasteiger partial charge in [0, 0.05) is 32.7 Å². The van der Waals surface area contributed by atoms with E-state index in [2.05, 4.69) is 30.8 Å². The summed E-state index contributed by atoms with van der Waals surface area (Å²) >= 11 is 0. The number of anilines is 1. The number of piperazine rings is 1. The molecule has 2 amide bonds. The molecule has 1 fully saturated rings. The van der Waals surface area contributed by atoms with Crippen LogP contribution in [0.5, 0.6) is 11.5 Å². The second-order valence-electron chi connectivity index (χ2n) is 5.62. The normalized spacial score (nSPS) is 17.1. The molecule has 126 valence electrons. The van der Waals surface area contributed by atoms with Crippen molar-refractivity contribution in [1.29, 1.82) is 0 Å². The van der Waals surface area contributed by atoms with E-state index in [9.17, 15) is 4.79 Å². The van der Waals surface area contributed by atoms with E-state index in [1.54, 1.807) is 4.90 Å². The SMILES string of the molecule is O=C(Nc1nn[nH]n1)N1CCN(Cc2ccc3c(c2)OCO3)CC1. The van der Waals surface area contributed by atoms with Crippen molar-refractivity contribution in [3.05, 3.63) is 23.8 Å². The number of fused-ring (bicyclic) bond motifs is 1. The minimum Gasteiger partial charge on any atom is -0.454 e. The number of urea groups is 1. The lowest BCUT2D eigenvalue weighted by Gasteiger charge is -2.34. The number of carbonyl (C=O) groups is 1. The molecule has 1 saturated heterocycles. The molecule has 0 aliphatic carbocycles. The topological polar surface area (TPSA) is 108 Å². The fourth-order valence-corrected chi connectivity index (χ4v) is 2.80. The number of nitrogens with one attached hydrogen (secondary N) is 2. The quantitative estimate of drug-likeness (QED) is 0.831. The highest BCUT2D eigenvalue weighted by Gasteiger charge is 2.22. The fraction of sp³-hybridized carbons (Fsp3) is 0.429. The standard InChI is InChI=1S/C14H17N7O3/c22-14(15-13-16-18-19-17-13)21-5-3-20(4-6-21)8-10-1-2-11-12(7-10)24-9-23-11/h1-2,7H,3-6,8-9H2,(H2,15,16,17,18,19,22). The third kappa shape index (κ3) is 3.08. The van der Waals surface area contributed by atoms with Gasteiger partial charge in [-0.05, 0) is 22.9 Å². The summed E-state index contributed by atoms with van der Waals surface area (Å²) in [7, 11) is 0. The summed E-state index contributed by atoms with van der Waals surface area (Å²) in [5.41, 5.74) is 1.17. The molecule has 0 bridgehead atoms. The van der Waals surface area contributed by atoms with Crippen molar-refractivity contribution < 1.29 is 14.3 Å². The van der Waals surface area contributed by atoms with Crippen molar-refractivity contribution >= 4 is 12.0 Å². The maximum absolute atomic E-state index is 12.1. The van der Waals surface area contributed by atoms with E-state index in [1.807, 2.05) is 18.2 Å². The van der Waals surface area contributed by atoms with E-state index in [0.29, 0.717) is 13.1 Å². The minimum absolute atomic E-state index is 0.183. The van der Waals surface area contributed by atoms with Gasteiger partial charge in [0.25, 0.3) is 5.95 Å². The van der Waals surface area contributed by atoms with Gasteiger partial charge in [-0.15, -0.1) is 5.10 Å². The first-order valence-electron chi connectivity index (χ1n) is 7.68. The zero-order valence-corrected chi connectivity index (χ0v) is 12.9. The van der Waals surface area contributed by atoms with Crippen LogP contribution in [0.3, 0.4) is 0 Å². The zero-order chi connectivity index (χ0) is 16.4. The van der Waals surface area contributed by atoms with Gasteiger partial charge in [0.15, 0.2) is 11.5 Å². The Kier molecular flexibility index (Phi) is 3.87. The van der Waals surface area contributed by atoms with Crippen LogP contribution < -0.4 is 14.8 Å². The summed E-state index contributed by atoms with van der Waals surface area (Å²) in [4.78, 5) is 16.1. The number of ether oxygens (including phenoxy) is 2. The summed E-state index contributed by atoms with van der Waals surface area (Å²) < 4.78 is 10.7. The second kappa shape index (κ2) is 6.32. The number of tetrazole rings is 1. The van der Waals surface area contributed by atoms with Crippen LogP contribution in [0.1, 0.15) is 5.56 Å². The Morgan fingerprint density at radius 2 is 2.04 bits per heavy atom. The first-order chi connectivity index (χ1) is 11.8. The van der Waals surface area contributed by atoms with Gasteiger partial charge in [0.05, 0.1) is 0 Å². The Balaban J connectivity index is 1.29. The number of hydrogen-bond donors (Lipinski definition) is 2. The van der Waals surface area contributed by atoms with Crippen molar-refractivity contribution in [3.63, 3.8) is 0 Å². The smallest absolute Gasteiger partial charge is 0.324 e. The lowest BCUT2D eigenvalue weighted by Crippen LogP contribution is -2.49. The van der Waals surface area contributed by atoms with E-state index in [1.165, 1.54) is 5.56 Å². The summed E-state index contributed by atoms with van der Waals surface area (Å²) in [6.45, 7) is 3.99. The molecule has 1 aromatic heterocycles. The number of nitrogens with zero attached hydrogens (tertiary/aromatic N) is 5. The average molecular weight is 331 g/mol. The van der Waals surface area contributed by atoms with E-state index < -0.39 is 0 Å². The van der Waals surface area contributed by atoms with E-state index >= 15 is 0 Å². The maximum Gasteiger partial charge on any atom is 0.324 e. The maximum atomic E-state index is 12.1. The zero-order valence-electron chi connectivity index (χ0n) is 12.9. The predicted octanol–water partition coefficient (Wildman–Crippen LogP) is 0.278. The van der Waals surface area contributed by atoms with Gasteiger partial charge in [0.2, 0.25) is 6.79 Å². The first-order valence-corrected chi connectivity index (χ1v) is 7.68. The van der Waals surface area contributed by atoms with Gasteiger partial charge in [0.1, 0.15) is 0 Å². The van der Waals surface area contributed by atoms with E-state index in [-0.39, 0.29) is 18.8 Å². The molecule has 2 aliphatic rings. The molecule has 2 aliphatic heterocycles. The molecule has 10 heteroatoms. The predicted molar refractivity (Wildman–Crippen MR) is 82.6 cm³/mol. The number of aromatic amines is 1. The molecule has 2 aromatic rings. The molecule has 2 N–H and O–H groups in total. The number of carbonyl (C=O) groups excluding carboxylic acids is 1. The monoisotopic (exact) mass is 331 g/mol. The molecule has 24 heavy (non-hydrogen) atoms. The first kappa shape index (κ1) is 14.7. The highest BCUT2D eigenvalue weighted by molar-refractivity contribution is 5.87. The van der Waals surface area contributed by atoms with Gasteiger partial charge in [-0.2, -0.15) is 5.21 Å². The van der Waals surface area contributed by atoms with Crippen molar-refractivity contribution in [2.24, 2.45) is 0 Å². The minimum atomic E-state index is -0.209. The number of amides is 2. The summed E-state index contributed by atoms with van der Waals surface area (Å²) in [6, 6.07) is 5.78. The highest BCUT2D eigenvalue weighted by Crippen LogP contribution is 2.32. The van der Waals surface area contributed by atoms with Crippen LogP contribution in [0.15, 0.2) is 18.2 Å².